The summed E-state index contributed by atoms with van der Waals surface area (Å²) >= 11 is 2.57. The van der Waals surface area contributed by atoms with Gasteiger partial charge in [-0.1, -0.05) is 212 Å². The van der Waals surface area contributed by atoms with Crippen LogP contribution >= 0.6 is 23.5 Å². The molecule has 24 nitrogen and oxygen atoms in total. The summed E-state index contributed by atoms with van der Waals surface area (Å²) in [5, 5.41) is 44.5. The van der Waals surface area contributed by atoms with Crippen LogP contribution in [0.25, 0.3) is 10.8 Å². The van der Waals surface area contributed by atoms with Gasteiger partial charge in [0.15, 0.2) is 17.1 Å². The number of rotatable bonds is 39. The highest BCUT2D eigenvalue weighted by Gasteiger charge is 2.42. The Kier molecular flexibility index (Phi) is 29.8. The molecule has 0 bridgehead atoms. The number of carbonyl (C=O) groups excluding carboxylic acids is 4. The lowest BCUT2D eigenvalue weighted by Crippen LogP contribution is -2.37. The number of carbonyl (C=O) groups is 4. The number of nitrogens with two attached hydrogens (primary N) is 1. The number of tetrazole rings is 2. The fourth-order valence-electron chi connectivity index (χ4n) is 11.9. The first-order valence-electron chi connectivity index (χ1n) is 36.2. The van der Waals surface area contributed by atoms with Crippen molar-refractivity contribution in [2.24, 2.45) is 17.9 Å². The van der Waals surface area contributed by atoms with Gasteiger partial charge >= 0.3 is 5.97 Å². The number of aromatic hydroxyl groups is 1. The van der Waals surface area contributed by atoms with Crippen LogP contribution in [0.4, 0.5) is 17.1 Å². The van der Waals surface area contributed by atoms with E-state index in [1.165, 1.54) is 109 Å². The third-order valence-electron chi connectivity index (χ3n) is 18.8. The molecule has 27 heteroatoms. The number of fused-ring (bicyclic) bond motifs is 1. The van der Waals surface area contributed by atoms with Crippen LogP contribution in [0.3, 0.4) is 0 Å². The first-order valence-corrected chi connectivity index (χ1v) is 39.7. The molecule has 1 fully saturated rings. The Morgan fingerprint density at radius 3 is 1.97 bits per heavy atom. The molecule has 2 unspecified atom stereocenters. The molecule has 0 spiro atoms. The van der Waals surface area contributed by atoms with Crippen LogP contribution in [0.1, 0.15) is 218 Å². The van der Waals surface area contributed by atoms with Crippen molar-refractivity contribution in [2.45, 2.75) is 236 Å². The van der Waals surface area contributed by atoms with Gasteiger partial charge in [-0.2, -0.15) is 10.1 Å². The number of hydrazone groups is 1. The van der Waals surface area contributed by atoms with E-state index in [2.05, 4.69) is 107 Å². The number of aryl methyl sites for hydroxylation is 1. The number of nitrogens with one attached hydrogen (secondary N) is 2. The lowest BCUT2D eigenvalue weighted by molar-refractivity contribution is -0.144. The number of phenols is 1. The van der Waals surface area contributed by atoms with Crippen molar-refractivity contribution in [3.63, 3.8) is 0 Å². The van der Waals surface area contributed by atoms with Gasteiger partial charge in [0.1, 0.15) is 29.6 Å². The average Bonchev–Trinajstić information content (AvgIpc) is 0.996. The number of hydrogen-bond donors (Lipinski definition) is 4. The van der Waals surface area contributed by atoms with Crippen LogP contribution in [-0.4, -0.2) is 125 Å². The number of unbranched alkanes of at least 4 members (excludes halogenated alkanes) is 13. The van der Waals surface area contributed by atoms with Crippen molar-refractivity contribution in [3.8, 4) is 23.0 Å². The Balaban J connectivity index is 0.000000262. The van der Waals surface area contributed by atoms with Crippen molar-refractivity contribution >= 4 is 90.9 Å². The number of aromatic nitrogens is 8. The normalized spacial score (nSPS) is 14.4. The summed E-state index contributed by atoms with van der Waals surface area (Å²) in [6, 6.07) is 26.9. The number of anilines is 3. The van der Waals surface area contributed by atoms with E-state index in [0.29, 0.717) is 64.1 Å². The monoisotopic (exact) mass is 1460 g/mol. The standard InChI is InChI=1S/C40H56N6O7S2.C35H48N8O3S/c1-3-5-6-7-8-9-10-11-12-13-14-15-16-19-25-55(50,51)43-34-26-30(29-54-40-42-44-45-46(40)28-37(47)52-24-4-2)22-23-35(34)53-36-27-33(39(41)49)38(48)32-21-18-17-20-31(32)36;1-9-27(46-28-19-14-23(34(4,5)10-2)22-26(28)35(6,7)11-3)31(44)36-24-15-17-25(18-16-24)43-32(45)29(47-33-37-39-40-41(33)8)30(38-43)42-20-12-13-21-42/h17-18,20-23,26-27,43,48H,3-16,19,24-25,28-29H2,1-2H3,(H2,41,49);14-19,22,27,29H,9-13,20-21H2,1-8H3,(H,36,44). The largest absolute Gasteiger partial charge is 0.506 e. The van der Waals surface area contributed by atoms with E-state index in [4.69, 9.17) is 25.0 Å². The molecule has 102 heavy (non-hydrogen) atoms. The molecule has 9 rings (SSSR count). The fourth-order valence-corrected chi connectivity index (χ4v) is 14.9. The van der Waals surface area contributed by atoms with Crippen LogP contribution in [0.5, 0.6) is 23.0 Å². The van der Waals surface area contributed by atoms with Gasteiger partial charge in [-0.25, -0.2) is 17.8 Å². The van der Waals surface area contributed by atoms with Gasteiger partial charge in [-0.3, -0.25) is 23.9 Å². The molecular formula is C75H104N14O10S3. The summed E-state index contributed by atoms with van der Waals surface area (Å²) in [5.74, 6) is 0.217. The van der Waals surface area contributed by atoms with E-state index in [0.717, 1.165) is 80.7 Å². The highest BCUT2D eigenvalue weighted by Crippen LogP contribution is 2.43. The zero-order valence-corrected chi connectivity index (χ0v) is 63.5. The van der Waals surface area contributed by atoms with Crippen LogP contribution in [-0.2, 0) is 59.3 Å². The summed E-state index contributed by atoms with van der Waals surface area (Å²) in [6.45, 7) is 21.3. The molecule has 1 saturated heterocycles. The lowest BCUT2D eigenvalue weighted by atomic mass is 9.76. The Bertz CT molecular complexity index is 4060. The molecule has 2 aromatic heterocycles. The third kappa shape index (κ3) is 22.1. The second-order valence-corrected chi connectivity index (χ2v) is 31.2. The maximum Gasteiger partial charge on any atom is 0.327 e. The third-order valence-corrected chi connectivity index (χ3v) is 22.4. The smallest absolute Gasteiger partial charge is 0.327 e. The van der Waals surface area contributed by atoms with E-state index >= 15 is 0 Å². The summed E-state index contributed by atoms with van der Waals surface area (Å²) in [5.41, 5.74) is 9.90. The van der Waals surface area contributed by atoms with Crippen LogP contribution < -0.4 is 30.3 Å². The number of ether oxygens (including phenoxy) is 3. The Morgan fingerprint density at radius 2 is 1.35 bits per heavy atom. The van der Waals surface area contributed by atoms with Crippen LogP contribution in [0, 0.1) is 0 Å². The number of hydrogen-bond acceptors (Lipinski definition) is 20. The van der Waals surface area contributed by atoms with Crippen molar-refractivity contribution in [3.05, 3.63) is 113 Å². The second-order valence-electron chi connectivity index (χ2n) is 27.4. The topological polar surface area (TPSA) is 306 Å². The molecular weight excluding hydrogens is 1350 g/mol. The van der Waals surface area contributed by atoms with Gasteiger partial charge in [0.05, 0.1) is 29.3 Å². The molecule has 2 atom stereocenters. The van der Waals surface area contributed by atoms with Gasteiger partial charge < -0.3 is 35.3 Å². The molecule has 0 radical (unpaired) electrons. The van der Waals surface area contributed by atoms with Crippen LogP contribution in [0.2, 0.25) is 0 Å². The van der Waals surface area contributed by atoms with Crippen molar-refractivity contribution in [1.82, 2.24) is 45.3 Å². The fraction of sp³-hybridized carbons (Fsp3) is 0.533. The number of likely N-dealkylation sites (tertiary alicyclic amines) is 1. The zero-order valence-electron chi connectivity index (χ0n) is 61.0. The molecule has 552 valence electrons. The van der Waals surface area contributed by atoms with E-state index < -0.39 is 33.3 Å². The molecule has 2 aliphatic heterocycles. The Hall–Kier alpha value is -8.30. The first-order chi connectivity index (χ1) is 49.0. The summed E-state index contributed by atoms with van der Waals surface area (Å²) < 4.78 is 50.5. The predicted octanol–water partition coefficient (Wildman–Crippen LogP) is 15.2. The number of primary amides is 1. The quantitative estimate of drug-likeness (QED) is 0.0158. The van der Waals surface area contributed by atoms with Gasteiger partial charge in [0.25, 0.3) is 17.7 Å². The highest BCUT2D eigenvalue weighted by molar-refractivity contribution is 8.01. The highest BCUT2D eigenvalue weighted by atomic mass is 32.2. The zero-order chi connectivity index (χ0) is 73.4. The van der Waals surface area contributed by atoms with E-state index in [9.17, 15) is 32.7 Å². The Labute approximate surface area is 609 Å². The summed E-state index contributed by atoms with van der Waals surface area (Å²) in [7, 11) is -2.03. The number of nitrogens with zero attached hydrogens (tertiary/aromatic N) is 11. The summed E-state index contributed by atoms with van der Waals surface area (Å²) in [6.07, 6.45) is 21.0. The number of amidine groups is 1. The van der Waals surface area contributed by atoms with Crippen molar-refractivity contribution < 1.29 is 46.9 Å². The molecule has 5 N–H and O–H groups in total. The van der Waals surface area contributed by atoms with Crippen molar-refractivity contribution in [1.29, 1.82) is 0 Å². The van der Waals surface area contributed by atoms with Gasteiger partial charge in [0, 0.05) is 47.9 Å². The maximum absolute atomic E-state index is 13.7. The minimum Gasteiger partial charge on any atom is -0.506 e. The first kappa shape index (κ1) is 79.4. The lowest BCUT2D eigenvalue weighted by Gasteiger charge is -2.31. The second kappa shape index (κ2) is 38.3. The number of esters is 1. The summed E-state index contributed by atoms with van der Waals surface area (Å²) in [4.78, 5) is 53.7. The molecule has 5 aromatic carbocycles. The number of sulfonamides is 1. The predicted molar refractivity (Wildman–Crippen MR) is 404 cm³/mol. The molecule has 3 amide bonds. The minimum absolute atomic E-state index is 0.0408. The number of amides is 3. The molecule has 4 heterocycles. The maximum atomic E-state index is 13.7. The molecule has 2 aliphatic rings. The average molecular weight is 1460 g/mol. The molecule has 0 saturated carbocycles. The van der Waals surface area contributed by atoms with Crippen molar-refractivity contribution in [2.75, 3.05) is 40.5 Å². The van der Waals surface area contributed by atoms with Gasteiger partial charge in [-0.05, 0) is 136 Å². The van der Waals surface area contributed by atoms with Crippen LogP contribution in [0.15, 0.2) is 106 Å². The molecule has 0 aliphatic carbocycles. The van der Waals surface area contributed by atoms with E-state index in [-0.39, 0.29) is 63.4 Å². The Morgan fingerprint density at radius 1 is 0.725 bits per heavy atom. The number of thioether (sulfide) groups is 2. The van der Waals surface area contributed by atoms with Gasteiger partial charge in [0.2, 0.25) is 20.3 Å². The SMILES string of the molecule is CCC(Oc1ccc(C(C)(C)CC)cc1C(C)(C)CC)C(=O)Nc1ccc(N2N=C(N3CCCC3)C(Sc3nnnn3C)C2=O)cc1.CCCCCCCCCCCCCCCCS(=O)(=O)Nc1cc(CSc2nnnn2CC(=O)OCCC)ccc1Oc1cc(C(N)=O)c(O)c2ccccc12. The van der Waals surface area contributed by atoms with E-state index in [1.807, 2.05) is 19.9 Å². The minimum atomic E-state index is -3.78. The molecule has 7 aromatic rings. The van der Waals surface area contributed by atoms with E-state index in [1.54, 1.807) is 78.5 Å². The number of benzene rings is 5. The van der Waals surface area contributed by atoms with Gasteiger partial charge in [-0.15, -0.1) is 10.2 Å².